The predicted octanol–water partition coefficient (Wildman–Crippen LogP) is 6.72. The van der Waals surface area contributed by atoms with Gasteiger partial charge in [0, 0.05) is 6.04 Å². The van der Waals surface area contributed by atoms with Crippen LogP contribution in [0, 0.1) is 0 Å². The van der Waals surface area contributed by atoms with Crippen molar-refractivity contribution in [1.29, 1.82) is 0 Å². The number of nitrogens with zero attached hydrogens (tertiary/aromatic N) is 1. The molecule has 2 fully saturated rings. The van der Waals surface area contributed by atoms with Crippen LogP contribution in [-0.4, -0.2) is 47.4 Å². The Bertz CT molecular complexity index is 1140. The molecule has 1 N–H and O–H groups in total. The first kappa shape index (κ1) is 27.3. The van der Waals surface area contributed by atoms with Crippen molar-refractivity contribution in [1.82, 2.24) is 10.2 Å². The van der Waals surface area contributed by atoms with Gasteiger partial charge in [0.15, 0.2) is 0 Å². The Morgan fingerprint density at radius 1 is 0.846 bits per heavy atom. The molecule has 39 heavy (non-hydrogen) atoms. The molecule has 2 aliphatic heterocycles. The van der Waals surface area contributed by atoms with Gasteiger partial charge < -0.3 is 14.4 Å². The van der Waals surface area contributed by atoms with Crippen molar-refractivity contribution in [3.63, 3.8) is 0 Å². The first-order valence-electron chi connectivity index (χ1n) is 13.6. The largest absolute Gasteiger partial charge is 0.444 e. The summed E-state index contributed by atoms with van der Waals surface area (Å²) in [6.45, 7) is 2.58. The van der Waals surface area contributed by atoms with Gasteiger partial charge in [0.05, 0.1) is 23.7 Å². The van der Waals surface area contributed by atoms with E-state index in [1.54, 1.807) is 4.90 Å². The van der Waals surface area contributed by atoms with Gasteiger partial charge in [-0.1, -0.05) is 91.0 Å². The number of ether oxygens (including phenoxy) is 2. The van der Waals surface area contributed by atoms with Crippen LogP contribution in [0.4, 0.5) is 13.6 Å². The summed E-state index contributed by atoms with van der Waals surface area (Å²) in [5.41, 5.74) is 1.32. The molecule has 2 bridgehead atoms. The van der Waals surface area contributed by atoms with Crippen LogP contribution < -0.4 is 5.32 Å². The van der Waals surface area contributed by atoms with E-state index in [4.69, 9.17) is 9.47 Å². The predicted molar refractivity (Wildman–Crippen MR) is 147 cm³/mol. The molecular weight excluding hydrogens is 498 g/mol. The van der Waals surface area contributed by atoms with E-state index in [9.17, 15) is 13.6 Å². The molecule has 4 atom stereocenters. The molecule has 0 aliphatic carbocycles. The third-order valence-electron chi connectivity index (χ3n) is 7.75. The maximum Gasteiger partial charge on any atom is 0.410 e. The van der Waals surface area contributed by atoms with Crippen molar-refractivity contribution in [2.75, 3.05) is 0 Å². The lowest BCUT2D eigenvalue weighted by molar-refractivity contribution is -0.187. The summed E-state index contributed by atoms with van der Waals surface area (Å²) in [5, 5.41) is 3.84. The monoisotopic (exact) mass is 534 g/mol. The number of amides is 1. The quantitative estimate of drug-likeness (QED) is 0.342. The summed E-state index contributed by atoms with van der Waals surface area (Å²) in [5.74, 6) is 0. The van der Waals surface area contributed by atoms with Crippen molar-refractivity contribution in [3.8, 4) is 0 Å². The molecule has 3 aromatic carbocycles. The Morgan fingerprint density at radius 3 is 1.77 bits per heavy atom. The average Bonchev–Trinajstić information content (AvgIpc) is 3.25. The normalized spacial score (nSPS) is 23.2. The molecule has 7 heteroatoms. The summed E-state index contributed by atoms with van der Waals surface area (Å²) in [7, 11) is 0. The standard InChI is InChI=1S/C32H36F2N2O3/c1-31(2,3)39-30(37)36-25-19-20-26(36)28(27(21-25)38-29(33)34)35-32(22-13-7-4-8-14-22,23-15-9-5-10-16-23)24-17-11-6-12-18-24/h4-18,25-29,35H,19-21H2,1-3H3/t25-,26+,27+,28-/m0/s1. The van der Waals surface area contributed by atoms with Crippen molar-refractivity contribution >= 4 is 6.09 Å². The molecule has 0 spiro atoms. The third kappa shape index (κ3) is 5.56. The van der Waals surface area contributed by atoms with Crippen LogP contribution in [0.25, 0.3) is 0 Å². The number of nitrogens with one attached hydrogen (secondary N) is 1. The lowest BCUT2D eigenvalue weighted by atomic mass is 9.75. The Morgan fingerprint density at radius 2 is 1.33 bits per heavy atom. The van der Waals surface area contributed by atoms with E-state index in [-0.39, 0.29) is 12.1 Å². The van der Waals surface area contributed by atoms with E-state index in [1.165, 1.54) is 0 Å². The molecule has 2 aliphatic rings. The maximum absolute atomic E-state index is 13.8. The van der Waals surface area contributed by atoms with Crippen LogP contribution in [0.15, 0.2) is 91.0 Å². The Balaban J connectivity index is 1.65. The van der Waals surface area contributed by atoms with Crippen molar-refractivity contribution < 1.29 is 23.0 Å². The second kappa shape index (κ2) is 11.1. The fourth-order valence-electron chi connectivity index (χ4n) is 6.28. The van der Waals surface area contributed by atoms with E-state index in [0.29, 0.717) is 19.3 Å². The van der Waals surface area contributed by atoms with Gasteiger partial charge in [0.1, 0.15) is 5.60 Å². The molecule has 1 amide bonds. The zero-order valence-corrected chi connectivity index (χ0v) is 22.6. The van der Waals surface area contributed by atoms with Gasteiger partial charge in [0.25, 0.3) is 0 Å². The summed E-state index contributed by atoms with van der Waals surface area (Å²) < 4.78 is 38.7. The van der Waals surface area contributed by atoms with Gasteiger partial charge >= 0.3 is 12.7 Å². The Hall–Kier alpha value is -3.29. The molecule has 2 heterocycles. The van der Waals surface area contributed by atoms with E-state index in [2.05, 4.69) is 5.32 Å². The number of benzene rings is 3. The molecule has 2 saturated heterocycles. The number of hydrogen-bond acceptors (Lipinski definition) is 4. The molecule has 5 rings (SSSR count). The highest BCUT2D eigenvalue weighted by molar-refractivity contribution is 5.70. The van der Waals surface area contributed by atoms with Gasteiger partial charge in [-0.15, -0.1) is 0 Å². The molecule has 0 aromatic heterocycles. The third-order valence-corrected chi connectivity index (χ3v) is 7.75. The number of alkyl halides is 2. The van der Waals surface area contributed by atoms with Gasteiger partial charge in [-0.25, -0.2) is 4.79 Å². The second-order valence-corrected chi connectivity index (χ2v) is 11.4. The van der Waals surface area contributed by atoms with Crippen LogP contribution in [0.3, 0.4) is 0 Å². The van der Waals surface area contributed by atoms with E-state index >= 15 is 0 Å². The smallest absolute Gasteiger partial charge is 0.410 e. The summed E-state index contributed by atoms with van der Waals surface area (Å²) >= 11 is 0. The fraction of sp³-hybridized carbons (Fsp3) is 0.406. The van der Waals surface area contributed by atoms with Crippen LogP contribution in [0.2, 0.25) is 0 Å². The molecule has 5 nitrogen and oxygen atoms in total. The molecule has 0 radical (unpaired) electrons. The fourth-order valence-corrected chi connectivity index (χ4v) is 6.28. The Labute approximate surface area is 229 Å². The number of carbonyl (C=O) groups is 1. The Kier molecular flexibility index (Phi) is 7.74. The van der Waals surface area contributed by atoms with Gasteiger partial charge in [-0.3, -0.25) is 5.32 Å². The molecule has 3 aromatic rings. The zero-order chi connectivity index (χ0) is 27.6. The van der Waals surface area contributed by atoms with Crippen LogP contribution in [0.1, 0.15) is 56.7 Å². The molecule has 0 saturated carbocycles. The molecular formula is C32H36F2N2O3. The SMILES string of the molecule is CC(C)(C)OC(=O)N1[C@H]2CC[C@@H]1[C@H](NC(c1ccccc1)(c1ccccc1)c1ccccc1)[C@H](OC(F)F)C2. The molecule has 206 valence electrons. The lowest BCUT2D eigenvalue weighted by Gasteiger charge is -2.49. The highest BCUT2D eigenvalue weighted by Crippen LogP contribution is 2.43. The number of carbonyl (C=O) groups excluding carboxylic acids is 1. The minimum Gasteiger partial charge on any atom is -0.444 e. The van der Waals surface area contributed by atoms with Crippen molar-refractivity contribution in [3.05, 3.63) is 108 Å². The van der Waals surface area contributed by atoms with Gasteiger partial charge in [-0.05, 0) is 56.7 Å². The second-order valence-electron chi connectivity index (χ2n) is 11.4. The highest BCUT2D eigenvalue weighted by Gasteiger charge is 2.54. The van der Waals surface area contributed by atoms with E-state index in [0.717, 1.165) is 16.7 Å². The first-order valence-corrected chi connectivity index (χ1v) is 13.6. The number of piperidine rings is 1. The van der Waals surface area contributed by atoms with Crippen LogP contribution in [-0.2, 0) is 15.0 Å². The number of rotatable bonds is 7. The lowest BCUT2D eigenvalue weighted by Crippen LogP contribution is -2.66. The zero-order valence-electron chi connectivity index (χ0n) is 22.6. The average molecular weight is 535 g/mol. The summed E-state index contributed by atoms with van der Waals surface area (Å²) in [4.78, 5) is 15.2. The minimum atomic E-state index is -2.92. The van der Waals surface area contributed by atoms with Crippen molar-refractivity contribution in [2.45, 2.75) is 82.0 Å². The van der Waals surface area contributed by atoms with Crippen LogP contribution in [0.5, 0.6) is 0 Å². The number of halogens is 2. The summed E-state index contributed by atoms with van der Waals surface area (Å²) in [6.07, 6.45) is 0.463. The molecule has 0 unspecified atom stereocenters. The van der Waals surface area contributed by atoms with Gasteiger partial charge in [0.2, 0.25) is 0 Å². The number of hydrogen-bond donors (Lipinski definition) is 1. The first-order chi connectivity index (χ1) is 18.7. The minimum absolute atomic E-state index is 0.216. The highest BCUT2D eigenvalue weighted by atomic mass is 19.3. The summed E-state index contributed by atoms with van der Waals surface area (Å²) in [6, 6.07) is 28.8. The number of fused-ring (bicyclic) bond motifs is 2. The van der Waals surface area contributed by atoms with E-state index in [1.807, 2.05) is 112 Å². The van der Waals surface area contributed by atoms with E-state index < -0.39 is 36.0 Å². The van der Waals surface area contributed by atoms with Gasteiger partial charge in [-0.2, -0.15) is 8.78 Å². The van der Waals surface area contributed by atoms with Crippen LogP contribution >= 0.6 is 0 Å². The van der Waals surface area contributed by atoms with Crippen molar-refractivity contribution in [2.24, 2.45) is 0 Å². The topological polar surface area (TPSA) is 50.8 Å². The maximum atomic E-state index is 13.8.